The van der Waals surface area contributed by atoms with Gasteiger partial charge in [-0.15, -0.1) is 0 Å². The minimum Gasteiger partial charge on any atom is -0.495 e. The number of rotatable bonds is 8. The number of anilines is 1. The van der Waals surface area contributed by atoms with E-state index in [0.717, 1.165) is 11.1 Å². The molecule has 1 aliphatic heterocycles. The summed E-state index contributed by atoms with van der Waals surface area (Å²) >= 11 is 25.2. The van der Waals surface area contributed by atoms with Gasteiger partial charge >= 0.3 is 0 Å². The minimum absolute atomic E-state index is 0.234. The fourth-order valence-corrected chi connectivity index (χ4v) is 5.45. The minimum atomic E-state index is -0.234. The number of hydrogen-bond acceptors (Lipinski definition) is 6. The van der Waals surface area contributed by atoms with Crippen LogP contribution in [0.1, 0.15) is 18.1 Å². The lowest BCUT2D eigenvalue weighted by Gasteiger charge is -2.15. The standard InChI is InChI=1S/C26H20Cl3NO4S2/c1-3-33-23-10-15(4-8-22(23)34-14-16-5-6-17(27)12-19(16)28)11-24-25(31)30(26(35)36-24)18-7-9-21(32-2)20(29)13-18/h4-13H,3,14H2,1-2H3/b24-11+. The Morgan fingerprint density at radius 3 is 2.42 bits per heavy atom. The molecular weight excluding hydrogens is 561 g/mol. The van der Waals surface area contributed by atoms with Crippen LogP contribution in [0.15, 0.2) is 59.5 Å². The lowest BCUT2D eigenvalue weighted by atomic mass is 10.1. The van der Waals surface area contributed by atoms with E-state index in [4.69, 9.17) is 61.2 Å². The van der Waals surface area contributed by atoms with Gasteiger partial charge in [0.05, 0.1) is 29.3 Å². The zero-order valence-electron chi connectivity index (χ0n) is 19.2. The third kappa shape index (κ3) is 5.93. The summed E-state index contributed by atoms with van der Waals surface area (Å²) in [6, 6.07) is 15.8. The summed E-state index contributed by atoms with van der Waals surface area (Å²) in [5, 5.41) is 1.48. The van der Waals surface area contributed by atoms with Gasteiger partial charge in [0.2, 0.25) is 0 Å². The van der Waals surface area contributed by atoms with Crippen LogP contribution >= 0.6 is 58.8 Å². The number of carbonyl (C=O) groups is 1. The first-order chi connectivity index (χ1) is 17.3. The van der Waals surface area contributed by atoms with Gasteiger partial charge in [-0.25, -0.2) is 0 Å². The van der Waals surface area contributed by atoms with E-state index in [0.29, 0.717) is 53.8 Å². The molecule has 0 atom stereocenters. The maximum Gasteiger partial charge on any atom is 0.270 e. The van der Waals surface area contributed by atoms with E-state index in [2.05, 4.69) is 0 Å². The third-order valence-corrected chi connectivity index (χ3v) is 7.34. The van der Waals surface area contributed by atoms with Gasteiger partial charge in [-0.3, -0.25) is 9.69 Å². The first-order valence-electron chi connectivity index (χ1n) is 10.8. The molecule has 1 saturated heterocycles. The fraction of sp³-hybridized carbons (Fsp3) is 0.154. The highest BCUT2D eigenvalue weighted by atomic mass is 35.5. The molecule has 3 aromatic carbocycles. The molecule has 1 heterocycles. The van der Waals surface area contributed by atoms with Crippen LogP contribution in [-0.2, 0) is 11.4 Å². The van der Waals surface area contributed by atoms with Crippen molar-refractivity contribution in [1.82, 2.24) is 0 Å². The molecule has 36 heavy (non-hydrogen) atoms. The van der Waals surface area contributed by atoms with Crippen molar-refractivity contribution in [3.63, 3.8) is 0 Å². The SMILES string of the molecule is CCOc1cc(/C=C2/SC(=S)N(c3ccc(OC)c(Cl)c3)C2=O)ccc1OCc1ccc(Cl)cc1Cl. The second-order valence-corrected chi connectivity index (χ2v) is 10.4. The summed E-state index contributed by atoms with van der Waals surface area (Å²) in [7, 11) is 1.53. The van der Waals surface area contributed by atoms with Gasteiger partial charge in [-0.1, -0.05) is 70.9 Å². The number of benzene rings is 3. The summed E-state index contributed by atoms with van der Waals surface area (Å²) in [5.74, 6) is 1.39. The Kier molecular flexibility index (Phi) is 8.70. The van der Waals surface area contributed by atoms with E-state index in [1.807, 2.05) is 25.1 Å². The van der Waals surface area contributed by atoms with Crippen molar-refractivity contribution in [2.45, 2.75) is 13.5 Å². The second kappa shape index (κ2) is 11.8. The van der Waals surface area contributed by atoms with Gasteiger partial charge in [0, 0.05) is 15.6 Å². The van der Waals surface area contributed by atoms with E-state index in [9.17, 15) is 4.79 Å². The highest BCUT2D eigenvalue weighted by molar-refractivity contribution is 8.27. The average molecular weight is 581 g/mol. The molecule has 0 unspecified atom stereocenters. The highest BCUT2D eigenvalue weighted by Crippen LogP contribution is 2.39. The summed E-state index contributed by atoms with van der Waals surface area (Å²) in [4.78, 5) is 15.1. The number of thioether (sulfide) groups is 1. The average Bonchev–Trinajstić information content (AvgIpc) is 3.12. The van der Waals surface area contributed by atoms with Crippen LogP contribution in [0.3, 0.4) is 0 Å². The monoisotopic (exact) mass is 579 g/mol. The van der Waals surface area contributed by atoms with E-state index < -0.39 is 0 Å². The van der Waals surface area contributed by atoms with Crippen molar-refractivity contribution in [1.29, 1.82) is 0 Å². The van der Waals surface area contributed by atoms with E-state index in [1.165, 1.54) is 23.8 Å². The Labute approximate surface area is 233 Å². The molecule has 0 aromatic heterocycles. The van der Waals surface area contributed by atoms with Gasteiger partial charge < -0.3 is 14.2 Å². The first-order valence-corrected chi connectivity index (χ1v) is 13.1. The molecule has 1 fully saturated rings. The van der Waals surface area contributed by atoms with Crippen molar-refractivity contribution >= 4 is 80.8 Å². The Bertz CT molecular complexity index is 1360. The second-order valence-electron chi connectivity index (χ2n) is 7.50. The third-order valence-electron chi connectivity index (χ3n) is 5.15. The number of nitrogens with zero attached hydrogens (tertiary/aromatic N) is 1. The van der Waals surface area contributed by atoms with Gasteiger partial charge in [-0.05, 0) is 61.0 Å². The molecule has 186 valence electrons. The quantitative estimate of drug-likeness (QED) is 0.198. The maximum atomic E-state index is 13.2. The van der Waals surface area contributed by atoms with Crippen LogP contribution in [0.2, 0.25) is 15.1 Å². The highest BCUT2D eigenvalue weighted by Gasteiger charge is 2.33. The number of thiocarbonyl (C=S) groups is 1. The Morgan fingerprint density at radius 2 is 1.72 bits per heavy atom. The molecule has 0 N–H and O–H groups in total. The number of ether oxygens (including phenoxy) is 3. The Balaban J connectivity index is 1.55. The van der Waals surface area contributed by atoms with Gasteiger partial charge in [0.15, 0.2) is 15.8 Å². The van der Waals surface area contributed by atoms with Crippen LogP contribution in [0.4, 0.5) is 5.69 Å². The molecular formula is C26H20Cl3NO4S2. The number of halogens is 3. The zero-order chi connectivity index (χ0) is 25.8. The molecule has 1 amide bonds. The molecule has 1 aliphatic rings. The molecule has 5 nitrogen and oxygen atoms in total. The summed E-state index contributed by atoms with van der Waals surface area (Å²) < 4.78 is 17.4. The van der Waals surface area contributed by atoms with E-state index >= 15 is 0 Å². The molecule has 3 aromatic rings. The molecule has 0 bridgehead atoms. The summed E-state index contributed by atoms with van der Waals surface area (Å²) in [6.45, 7) is 2.58. The maximum absolute atomic E-state index is 13.2. The summed E-state index contributed by atoms with van der Waals surface area (Å²) in [6.07, 6.45) is 1.77. The molecule has 0 aliphatic carbocycles. The number of amides is 1. The van der Waals surface area contributed by atoms with Crippen LogP contribution in [0.5, 0.6) is 17.2 Å². The molecule has 0 spiro atoms. The zero-order valence-corrected chi connectivity index (χ0v) is 23.1. The van der Waals surface area contributed by atoms with Gasteiger partial charge in [0.1, 0.15) is 12.4 Å². The van der Waals surface area contributed by atoms with Crippen molar-refractivity contribution in [3.05, 3.63) is 85.7 Å². The predicted molar refractivity (Wildman–Crippen MR) is 152 cm³/mol. The fourth-order valence-electron chi connectivity index (χ4n) is 3.43. The van der Waals surface area contributed by atoms with Crippen LogP contribution in [0.25, 0.3) is 6.08 Å². The Hall–Kier alpha value is -2.42. The van der Waals surface area contributed by atoms with E-state index in [-0.39, 0.29) is 12.5 Å². The molecule has 4 rings (SSSR count). The van der Waals surface area contributed by atoms with Crippen molar-refractivity contribution < 1.29 is 19.0 Å². The normalized spacial score (nSPS) is 14.5. The largest absolute Gasteiger partial charge is 0.495 e. The lowest BCUT2D eigenvalue weighted by molar-refractivity contribution is -0.113. The topological polar surface area (TPSA) is 48.0 Å². The first kappa shape index (κ1) is 26.6. The van der Waals surface area contributed by atoms with Crippen molar-refractivity contribution in [3.8, 4) is 17.2 Å². The predicted octanol–water partition coefficient (Wildman–Crippen LogP) is 8.04. The number of carbonyl (C=O) groups excluding carboxylic acids is 1. The van der Waals surface area contributed by atoms with Crippen LogP contribution < -0.4 is 19.1 Å². The molecule has 10 heteroatoms. The lowest BCUT2D eigenvalue weighted by Crippen LogP contribution is -2.27. The van der Waals surface area contributed by atoms with E-state index in [1.54, 1.807) is 42.5 Å². The smallest absolute Gasteiger partial charge is 0.270 e. The molecule has 0 radical (unpaired) electrons. The van der Waals surface area contributed by atoms with Crippen LogP contribution in [0, 0.1) is 0 Å². The van der Waals surface area contributed by atoms with Crippen molar-refractivity contribution in [2.24, 2.45) is 0 Å². The van der Waals surface area contributed by atoms with Gasteiger partial charge in [0.25, 0.3) is 5.91 Å². The number of hydrogen-bond donors (Lipinski definition) is 0. The number of methoxy groups -OCH3 is 1. The summed E-state index contributed by atoms with van der Waals surface area (Å²) in [5.41, 5.74) is 2.14. The van der Waals surface area contributed by atoms with Crippen LogP contribution in [-0.4, -0.2) is 23.9 Å². The Morgan fingerprint density at radius 1 is 0.944 bits per heavy atom. The van der Waals surface area contributed by atoms with Gasteiger partial charge in [-0.2, -0.15) is 0 Å². The van der Waals surface area contributed by atoms with Crippen molar-refractivity contribution in [2.75, 3.05) is 18.6 Å². The molecule has 0 saturated carbocycles.